The lowest BCUT2D eigenvalue weighted by atomic mass is 9.81. The number of fused-ring (bicyclic) bond motifs is 2. The van der Waals surface area contributed by atoms with Gasteiger partial charge in [-0.2, -0.15) is 0 Å². The molecule has 17 N–H and O–H groups in total. The zero-order valence-corrected chi connectivity index (χ0v) is 44.5. The van der Waals surface area contributed by atoms with Crippen LogP contribution >= 0.6 is 0 Å². The molecule has 3 heterocycles. The van der Waals surface area contributed by atoms with E-state index < -0.39 is 184 Å². The minimum absolute atomic E-state index is 0.198. The van der Waals surface area contributed by atoms with E-state index in [9.17, 15) is 86.2 Å². The van der Waals surface area contributed by atoms with Crippen molar-refractivity contribution in [1.29, 1.82) is 0 Å². The third-order valence-electron chi connectivity index (χ3n) is 14.2. The van der Waals surface area contributed by atoms with Crippen LogP contribution in [-0.2, 0) is 28.5 Å². The van der Waals surface area contributed by atoms with Gasteiger partial charge in [0, 0.05) is 44.7 Å². The predicted molar refractivity (Wildman–Crippen MR) is 278 cm³/mol. The van der Waals surface area contributed by atoms with Crippen LogP contribution in [0.25, 0.3) is 0 Å². The van der Waals surface area contributed by atoms with Crippen molar-refractivity contribution in [3.05, 3.63) is 85.1 Å². The van der Waals surface area contributed by atoms with Gasteiger partial charge < -0.3 is 106 Å². The summed E-state index contributed by atoms with van der Waals surface area (Å²) in [5.41, 5.74) is 6.10. The van der Waals surface area contributed by atoms with Gasteiger partial charge in [-0.15, -0.1) is 0 Å². The molecule has 2 bridgehead atoms. The van der Waals surface area contributed by atoms with Crippen molar-refractivity contribution in [1.82, 2.24) is 4.90 Å². The number of likely N-dealkylation sites (N-methyl/N-ethyl adjacent to an activating group) is 1. The molecule has 3 aliphatic rings. The number of cyclic esters (lactones) is 1. The van der Waals surface area contributed by atoms with Crippen LogP contribution < -0.4 is 5.73 Å². The van der Waals surface area contributed by atoms with Gasteiger partial charge >= 0.3 is 5.97 Å². The standard InChI is InChI=1S/C54H88N2O21/c1-30-18-16-14-12-10-8-6-7-9-11-13-15-17-19-37(76-53-51(71)46(55)48(68)33(4)75-53)25-43-45(52(72)56(5)28-41(64)49(69)50(70)42(65)29-57)40(63)27-54(73,77-43)26-39(62)38(61)21-20-34(58)22-35(59)23-36(60)24-44(66)74-32(3)31(2)47(30)67/h6-19,30-43,45-51,53,57-65,67-71,73H,20-29,55H2,1-5H3/b7-6+,10-8+,11-9+,14-12+,15-13+,18-16+,19-17+/t30-,31-,32-,33+,34+,35+,36+,37-,38+,39+,40-,41+,42-,43-,45+,46-,47+,48+,49+,50+,51-,53-,54+/m0/s1. The summed E-state index contributed by atoms with van der Waals surface area (Å²) >= 11 is 0. The normalized spacial score (nSPS) is 42.0. The number of rotatable bonds is 9. The SMILES string of the molecule is C[C@@H]1[C@H](O)[C@@H](C)/C=C/C=C/C=C/C=C/C=C/C=C/C=C/[C@H](O[C@@H]2O[C@H](C)[C@@H](O)[C@H](N)[C@@H]2O)C[C@@H]2O[C@](O)(C[C@@H](O)[C@H](O)CC[C@@H](O)C[C@@H](O)C[C@@H](O)CC(=O)O[C@H]1C)C[C@H](O)[C@H]2C(=O)N(C)C[C@@H](O)[C@@H](O)[C@H](O)[C@@H](O)CO. The summed E-state index contributed by atoms with van der Waals surface area (Å²) in [7, 11) is 1.19. The number of hydrogen-bond acceptors (Lipinski definition) is 22. The highest BCUT2D eigenvalue weighted by Gasteiger charge is 2.52. The van der Waals surface area contributed by atoms with Gasteiger partial charge in [-0.1, -0.05) is 98.9 Å². The number of ether oxygens (including phenoxy) is 4. The first-order valence-corrected chi connectivity index (χ1v) is 26.2. The Morgan fingerprint density at radius 3 is 1.81 bits per heavy atom. The van der Waals surface area contributed by atoms with Crippen LogP contribution in [0.15, 0.2) is 85.1 Å². The average Bonchev–Trinajstić information content (AvgIpc) is 3.36. The third kappa shape index (κ3) is 22.1. The van der Waals surface area contributed by atoms with Crippen molar-refractivity contribution in [2.75, 3.05) is 20.2 Å². The van der Waals surface area contributed by atoms with Crippen molar-refractivity contribution in [3.63, 3.8) is 0 Å². The topological polar surface area (TPSA) is 404 Å². The van der Waals surface area contributed by atoms with E-state index in [4.69, 9.17) is 24.7 Å². The Hall–Kier alpha value is -3.64. The highest BCUT2D eigenvalue weighted by Crippen LogP contribution is 2.39. The number of amides is 1. The number of carbonyl (C=O) groups excluding carboxylic acids is 2. The molecule has 77 heavy (non-hydrogen) atoms. The van der Waals surface area contributed by atoms with Crippen molar-refractivity contribution in [3.8, 4) is 0 Å². The van der Waals surface area contributed by atoms with Crippen molar-refractivity contribution >= 4 is 11.9 Å². The maximum atomic E-state index is 14.3. The second kappa shape index (κ2) is 33.2. The predicted octanol–water partition coefficient (Wildman–Crippen LogP) is -2.48. The molecule has 0 aliphatic carbocycles. The summed E-state index contributed by atoms with van der Waals surface area (Å²) in [6.07, 6.45) is -6.16. The first-order valence-electron chi connectivity index (χ1n) is 26.2. The van der Waals surface area contributed by atoms with Gasteiger partial charge in [-0.3, -0.25) is 9.59 Å². The Bertz CT molecular complexity index is 1970. The third-order valence-corrected chi connectivity index (χ3v) is 14.2. The molecular formula is C54H88N2O21. The highest BCUT2D eigenvalue weighted by molar-refractivity contribution is 5.80. The molecule has 23 nitrogen and oxygen atoms in total. The molecular weight excluding hydrogens is 1010 g/mol. The number of nitrogens with two attached hydrogens (primary N) is 1. The second-order valence-electron chi connectivity index (χ2n) is 20.7. The van der Waals surface area contributed by atoms with Crippen LogP contribution in [0.1, 0.15) is 79.1 Å². The van der Waals surface area contributed by atoms with E-state index in [1.165, 1.54) is 20.0 Å². The van der Waals surface area contributed by atoms with E-state index in [0.717, 1.165) is 4.90 Å². The summed E-state index contributed by atoms with van der Waals surface area (Å²) in [4.78, 5) is 27.9. The Labute approximate surface area is 450 Å². The molecule has 23 atom stereocenters. The summed E-state index contributed by atoms with van der Waals surface area (Å²) < 4.78 is 23.6. The maximum Gasteiger partial charge on any atom is 0.308 e. The number of aliphatic hydroxyl groups excluding tert-OH is 14. The number of nitrogens with zero attached hydrogens (tertiary/aromatic N) is 1. The second-order valence-corrected chi connectivity index (χ2v) is 20.7. The molecule has 0 spiro atoms. The number of aliphatic hydroxyl groups is 15. The molecule has 0 aromatic rings. The lowest BCUT2D eigenvalue weighted by Crippen LogP contribution is -2.62. The van der Waals surface area contributed by atoms with Crippen molar-refractivity contribution < 1.29 is 105 Å². The van der Waals surface area contributed by atoms with Gasteiger partial charge in [0.2, 0.25) is 5.91 Å². The minimum Gasteiger partial charge on any atom is -0.462 e. The van der Waals surface area contributed by atoms with Gasteiger partial charge in [0.15, 0.2) is 12.1 Å². The molecule has 3 rings (SSSR count). The number of allylic oxidation sites excluding steroid dienone is 12. The van der Waals surface area contributed by atoms with Gasteiger partial charge in [-0.05, 0) is 39.5 Å². The molecule has 0 unspecified atom stereocenters. The molecule has 2 saturated heterocycles. The smallest absolute Gasteiger partial charge is 0.308 e. The number of hydrogen-bond donors (Lipinski definition) is 16. The van der Waals surface area contributed by atoms with Gasteiger partial charge in [0.1, 0.15) is 36.6 Å². The summed E-state index contributed by atoms with van der Waals surface area (Å²) in [6, 6.07) is -1.22. The van der Waals surface area contributed by atoms with E-state index in [0.29, 0.717) is 0 Å². The number of carbonyl (C=O) groups is 2. The summed E-state index contributed by atoms with van der Waals surface area (Å²) in [6.45, 7) is 5.01. The molecule has 23 heteroatoms. The van der Waals surface area contributed by atoms with Crippen LogP contribution in [0.2, 0.25) is 0 Å². The highest BCUT2D eigenvalue weighted by atomic mass is 16.7. The molecule has 0 aromatic heterocycles. The average molecular weight is 1100 g/mol. The van der Waals surface area contributed by atoms with Crippen molar-refractivity contribution in [2.45, 2.75) is 201 Å². The zero-order chi connectivity index (χ0) is 57.7. The maximum absolute atomic E-state index is 14.3. The number of esters is 1. The Kier molecular flexibility index (Phi) is 29.2. The van der Waals surface area contributed by atoms with E-state index in [-0.39, 0.29) is 31.6 Å². The van der Waals surface area contributed by atoms with Crippen LogP contribution in [0.5, 0.6) is 0 Å². The Morgan fingerprint density at radius 2 is 1.22 bits per heavy atom. The van der Waals surface area contributed by atoms with Crippen LogP contribution in [-0.4, -0.2) is 235 Å². The molecule has 0 saturated carbocycles. The van der Waals surface area contributed by atoms with E-state index >= 15 is 0 Å². The Morgan fingerprint density at radius 1 is 0.688 bits per heavy atom. The fraction of sp³-hybridized carbons (Fsp3) is 0.704. The van der Waals surface area contributed by atoms with E-state index in [1.54, 1.807) is 92.8 Å². The summed E-state index contributed by atoms with van der Waals surface area (Å²) in [5.74, 6) is -6.57. The van der Waals surface area contributed by atoms with Gasteiger partial charge in [0.05, 0.1) is 92.1 Å². The zero-order valence-electron chi connectivity index (χ0n) is 44.5. The fourth-order valence-electron chi connectivity index (χ4n) is 9.25. The monoisotopic (exact) mass is 1100 g/mol. The van der Waals surface area contributed by atoms with Crippen LogP contribution in [0.4, 0.5) is 0 Å². The molecule has 0 radical (unpaired) electrons. The van der Waals surface area contributed by atoms with Crippen molar-refractivity contribution in [2.24, 2.45) is 23.5 Å². The molecule has 3 aliphatic heterocycles. The largest absolute Gasteiger partial charge is 0.462 e. The van der Waals surface area contributed by atoms with E-state index in [1.807, 2.05) is 6.92 Å². The molecule has 1 amide bonds. The van der Waals surface area contributed by atoms with Crippen LogP contribution in [0.3, 0.4) is 0 Å². The minimum atomic E-state index is -2.48. The molecule has 2 fully saturated rings. The van der Waals surface area contributed by atoms with Gasteiger partial charge in [-0.25, -0.2) is 0 Å². The summed E-state index contributed by atoms with van der Waals surface area (Å²) in [5, 5.41) is 161. The first kappa shape index (κ1) is 67.6. The molecule has 0 aromatic carbocycles. The van der Waals surface area contributed by atoms with Crippen LogP contribution in [0, 0.1) is 17.8 Å². The van der Waals surface area contributed by atoms with Gasteiger partial charge in [0.25, 0.3) is 0 Å². The first-order chi connectivity index (χ1) is 36.2. The molecule has 440 valence electrons. The van der Waals surface area contributed by atoms with E-state index in [2.05, 4.69) is 0 Å². The fourth-order valence-corrected chi connectivity index (χ4v) is 9.25. The lowest BCUT2D eigenvalue weighted by molar-refractivity contribution is -0.309. The lowest BCUT2D eigenvalue weighted by Gasteiger charge is -2.47. The Balaban J connectivity index is 2.00. The quantitative estimate of drug-likeness (QED) is 0.106.